The number of ether oxygens (including phenoxy) is 1. The molecular formula is C15H31IN4O. The third kappa shape index (κ3) is 6.69. The summed E-state index contributed by atoms with van der Waals surface area (Å²) in [5, 5.41) is 6.96. The van der Waals surface area contributed by atoms with Gasteiger partial charge in [-0.2, -0.15) is 0 Å². The van der Waals surface area contributed by atoms with Crippen molar-refractivity contribution in [3.63, 3.8) is 0 Å². The largest absolute Gasteiger partial charge is 0.383 e. The summed E-state index contributed by atoms with van der Waals surface area (Å²) in [7, 11) is 3.63. The molecule has 2 aliphatic rings. The molecule has 21 heavy (non-hydrogen) atoms. The van der Waals surface area contributed by atoms with E-state index >= 15 is 0 Å². The predicted octanol–water partition coefficient (Wildman–Crippen LogP) is 1.54. The van der Waals surface area contributed by atoms with Crippen molar-refractivity contribution in [1.82, 2.24) is 15.5 Å². The Morgan fingerprint density at radius 2 is 2.00 bits per heavy atom. The van der Waals surface area contributed by atoms with Gasteiger partial charge in [0.15, 0.2) is 5.96 Å². The van der Waals surface area contributed by atoms with Crippen LogP contribution < -0.4 is 10.6 Å². The fourth-order valence-electron chi connectivity index (χ4n) is 2.77. The van der Waals surface area contributed by atoms with Crippen molar-refractivity contribution in [1.29, 1.82) is 0 Å². The van der Waals surface area contributed by atoms with Crippen molar-refractivity contribution in [2.45, 2.75) is 32.2 Å². The van der Waals surface area contributed by atoms with Gasteiger partial charge < -0.3 is 20.3 Å². The number of piperidine rings is 1. The zero-order valence-electron chi connectivity index (χ0n) is 13.6. The SMILES string of the molecule is CN=C(NCC1CCN(CCOC)CC1)NC1CC1C.I. The Balaban J connectivity index is 0.00000220. The predicted molar refractivity (Wildman–Crippen MR) is 98.5 cm³/mol. The Morgan fingerprint density at radius 3 is 2.52 bits per heavy atom. The van der Waals surface area contributed by atoms with Crippen molar-refractivity contribution >= 4 is 29.9 Å². The third-order valence-electron chi connectivity index (χ3n) is 4.53. The molecular weight excluding hydrogens is 379 g/mol. The summed E-state index contributed by atoms with van der Waals surface area (Å²) in [6.07, 6.45) is 3.82. The van der Waals surface area contributed by atoms with Gasteiger partial charge in [-0.05, 0) is 44.2 Å². The van der Waals surface area contributed by atoms with Crippen LogP contribution in [0.5, 0.6) is 0 Å². The summed E-state index contributed by atoms with van der Waals surface area (Å²) in [5.41, 5.74) is 0. The van der Waals surface area contributed by atoms with Gasteiger partial charge >= 0.3 is 0 Å². The van der Waals surface area contributed by atoms with Crippen LogP contribution in [0.25, 0.3) is 0 Å². The van der Waals surface area contributed by atoms with Gasteiger partial charge in [-0.25, -0.2) is 0 Å². The lowest BCUT2D eigenvalue weighted by Crippen LogP contribution is -2.44. The molecule has 2 atom stereocenters. The molecule has 124 valence electrons. The molecule has 1 aliphatic heterocycles. The van der Waals surface area contributed by atoms with Crippen LogP contribution in [0.15, 0.2) is 4.99 Å². The first-order valence-electron chi connectivity index (χ1n) is 7.91. The first-order valence-corrected chi connectivity index (χ1v) is 7.91. The molecule has 0 aromatic rings. The average Bonchev–Trinajstić information content (AvgIpc) is 3.17. The number of nitrogens with one attached hydrogen (secondary N) is 2. The van der Waals surface area contributed by atoms with Crippen LogP contribution >= 0.6 is 24.0 Å². The van der Waals surface area contributed by atoms with Crippen molar-refractivity contribution in [2.24, 2.45) is 16.8 Å². The fraction of sp³-hybridized carbons (Fsp3) is 0.933. The van der Waals surface area contributed by atoms with Crippen molar-refractivity contribution < 1.29 is 4.74 Å². The second kappa shape index (κ2) is 9.84. The number of guanidine groups is 1. The highest BCUT2D eigenvalue weighted by Gasteiger charge is 2.33. The topological polar surface area (TPSA) is 48.9 Å². The molecule has 6 heteroatoms. The molecule has 2 N–H and O–H groups in total. The van der Waals surface area contributed by atoms with Crippen LogP contribution in [0.1, 0.15) is 26.2 Å². The number of hydrogen-bond donors (Lipinski definition) is 2. The Labute approximate surface area is 146 Å². The summed E-state index contributed by atoms with van der Waals surface area (Å²) in [5.74, 6) is 2.54. The van der Waals surface area contributed by atoms with Crippen LogP contribution in [-0.2, 0) is 4.74 Å². The van der Waals surface area contributed by atoms with Gasteiger partial charge in [0.2, 0.25) is 0 Å². The van der Waals surface area contributed by atoms with Gasteiger partial charge in [0.25, 0.3) is 0 Å². The summed E-state index contributed by atoms with van der Waals surface area (Å²) >= 11 is 0. The summed E-state index contributed by atoms with van der Waals surface area (Å²) in [6, 6.07) is 0.636. The van der Waals surface area contributed by atoms with Crippen molar-refractivity contribution in [2.75, 3.05) is 46.9 Å². The Hall–Kier alpha value is -0.0800. The van der Waals surface area contributed by atoms with Gasteiger partial charge in [-0.15, -0.1) is 24.0 Å². The monoisotopic (exact) mass is 410 g/mol. The van der Waals surface area contributed by atoms with Gasteiger partial charge in [-0.1, -0.05) is 6.92 Å². The van der Waals surface area contributed by atoms with E-state index < -0.39 is 0 Å². The van der Waals surface area contributed by atoms with E-state index in [1.165, 1.54) is 32.4 Å². The molecule has 1 saturated heterocycles. The van der Waals surface area contributed by atoms with Crippen LogP contribution in [0.3, 0.4) is 0 Å². The molecule has 2 unspecified atom stereocenters. The Morgan fingerprint density at radius 1 is 1.33 bits per heavy atom. The quantitative estimate of drug-likeness (QED) is 0.396. The van der Waals surface area contributed by atoms with Crippen molar-refractivity contribution in [3.8, 4) is 0 Å². The minimum absolute atomic E-state index is 0. The molecule has 0 bridgehead atoms. The van der Waals surface area contributed by atoms with Crippen LogP contribution in [0, 0.1) is 11.8 Å². The van der Waals surface area contributed by atoms with E-state index in [0.717, 1.165) is 37.5 Å². The van der Waals surface area contributed by atoms with E-state index in [9.17, 15) is 0 Å². The summed E-state index contributed by atoms with van der Waals surface area (Å²) in [6.45, 7) is 7.63. The highest BCUT2D eigenvalue weighted by Crippen LogP contribution is 2.28. The van der Waals surface area contributed by atoms with Gasteiger partial charge in [0, 0.05) is 33.3 Å². The minimum atomic E-state index is 0. The van der Waals surface area contributed by atoms with E-state index in [1.807, 2.05) is 7.05 Å². The number of halogens is 1. The molecule has 1 saturated carbocycles. The van der Waals surface area contributed by atoms with Crippen LogP contribution in [-0.4, -0.2) is 63.8 Å². The maximum atomic E-state index is 5.14. The minimum Gasteiger partial charge on any atom is -0.383 e. The van der Waals surface area contributed by atoms with Gasteiger partial charge in [0.05, 0.1) is 6.61 Å². The molecule has 0 aromatic carbocycles. The first kappa shape index (κ1) is 19.0. The number of nitrogens with zero attached hydrogens (tertiary/aromatic N) is 2. The second-order valence-electron chi connectivity index (χ2n) is 6.19. The highest BCUT2D eigenvalue weighted by molar-refractivity contribution is 14.0. The second-order valence-corrected chi connectivity index (χ2v) is 6.19. The van der Waals surface area contributed by atoms with E-state index in [1.54, 1.807) is 7.11 Å². The van der Waals surface area contributed by atoms with E-state index in [-0.39, 0.29) is 24.0 Å². The molecule has 1 heterocycles. The zero-order valence-corrected chi connectivity index (χ0v) is 15.9. The lowest BCUT2D eigenvalue weighted by atomic mass is 9.97. The maximum absolute atomic E-state index is 5.14. The molecule has 0 radical (unpaired) electrons. The smallest absolute Gasteiger partial charge is 0.191 e. The Bertz CT molecular complexity index is 319. The molecule has 2 rings (SSSR count). The molecule has 0 amide bonds. The van der Waals surface area contributed by atoms with Gasteiger partial charge in [0.1, 0.15) is 0 Å². The van der Waals surface area contributed by atoms with Gasteiger partial charge in [-0.3, -0.25) is 4.99 Å². The standard InChI is InChI=1S/C15H30N4O.HI/c1-12-10-14(12)18-15(16-2)17-11-13-4-6-19(7-5-13)8-9-20-3;/h12-14H,4-11H2,1-3H3,(H2,16,17,18);1H. The molecule has 0 spiro atoms. The number of hydrogen-bond acceptors (Lipinski definition) is 3. The van der Waals surface area contributed by atoms with Crippen molar-refractivity contribution in [3.05, 3.63) is 0 Å². The molecule has 1 aliphatic carbocycles. The zero-order chi connectivity index (χ0) is 14.4. The lowest BCUT2D eigenvalue weighted by Gasteiger charge is -2.32. The van der Waals surface area contributed by atoms with E-state index in [2.05, 4.69) is 27.4 Å². The molecule has 2 fully saturated rings. The van der Waals surface area contributed by atoms with E-state index in [0.29, 0.717) is 6.04 Å². The molecule has 0 aromatic heterocycles. The summed E-state index contributed by atoms with van der Waals surface area (Å²) < 4.78 is 5.14. The van der Waals surface area contributed by atoms with Crippen LogP contribution in [0.2, 0.25) is 0 Å². The highest BCUT2D eigenvalue weighted by atomic mass is 127. The fourth-order valence-corrected chi connectivity index (χ4v) is 2.77. The number of methoxy groups -OCH3 is 1. The summed E-state index contributed by atoms with van der Waals surface area (Å²) in [4.78, 5) is 6.81. The maximum Gasteiger partial charge on any atom is 0.191 e. The normalized spacial score (nSPS) is 27.1. The lowest BCUT2D eigenvalue weighted by molar-refractivity contribution is 0.121. The van der Waals surface area contributed by atoms with E-state index in [4.69, 9.17) is 4.74 Å². The number of rotatable bonds is 6. The van der Waals surface area contributed by atoms with Crippen LogP contribution in [0.4, 0.5) is 0 Å². The average molecular weight is 410 g/mol. The Kier molecular flexibility index (Phi) is 8.89. The number of aliphatic imine (C=N–C) groups is 1. The first-order chi connectivity index (χ1) is 9.72. The molecule has 5 nitrogen and oxygen atoms in total. The third-order valence-corrected chi connectivity index (χ3v) is 4.53. The number of likely N-dealkylation sites (tertiary alicyclic amines) is 1.